The number of hydrogen-bond donors (Lipinski definition) is 12. The summed E-state index contributed by atoms with van der Waals surface area (Å²) in [5.74, 6) is -10.2. The van der Waals surface area contributed by atoms with E-state index in [4.69, 9.17) is 5.11 Å². The Labute approximate surface area is 503 Å². The standard InChI is InChI=1S/C60H104N10O15/c1-19-35(9)21-22-46(74)70-31-37(11)29-44(70)52(79)64-43(28-36(10)27-40(72)30-39(71)20-2)50(77)66-47(48(75)34(7)8)53(80)68-59(15,16)56(84)65-41(25-32(3)4)49(76)63-42(26-33(5)6)51(78)67-60(17,18)57(85)69-58(13,14)55(83)61-24-23-45(73)62-38(12)54(81)82/h21-22,32-38,40-44,47-48,72,75H,19-20,23-31H2,1-18H3,(H,61,83)(H,62,73)(H,63,76)(H,64,79)(H,65,84)(H,66,77)(H,67,78)(H,68,80)(H,69,85)(H,81,82)/t35?,36?,37-,38?,40?,41-,42-,43-,44-,47-,48?/m0/s1. The van der Waals surface area contributed by atoms with E-state index in [9.17, 15) is 67.7 Å². The second kappa shape index (κ2) is 34.6. The first-order chi connectivity index (χ1) is 39.1. The molecule has 0 aromatic carbocycles. The van der Waals surface area contributed by atoms with Gasteiger partial charge in [0, 0.05) is 32.4 Å². The Morgan fingerprint density at radius 1 is 0.612 bits per heavy atom. The van der Waals surface area contributed by atoms with Crippen molar-refractivity contribution in [3.63, 3.8) is 0 Å². The molecule has 5 unspecified atom stereocenters. The number of nitrogens with one attached hydrogen (secondary N) is 9. The van der Waals surface area contributed by atoms with Crippen molar-refractivity contribution in [2.24, 2.45) is 35.5 Å². The minimum atomic E-state index is -1.84. The van der Waals surface area contributed by atoms with Crippen molar-refractivity contribution >= 4 is 70.8 Å². The summed E-state index contributed by atoms with van der Waals surface area (Å²) in [4.78, 5) is 163. The van der Waals surface area contributed by atoms with Gasteiger partial charge in [0.1, 0.15) is 58.7 Å². The number of aliphatic hydroxyl groups is 2. The third-order valence-electron chi connectivity index (χ3n) is 14.8. The zero-order chi connectivity index (χ0) is 65.6. The maximum atomic E-state index is 14.5. The van der Waals surface area contributed by atoms with Crippen LogP contribution in [-0.2, 0) is 57.5 Å². The highest BCUT2D eigenvalue weighted by atomic mass is 16.4. The summed E-state index contributed by atoms with van der Waals surface area (Å²) in [5, 5.41) is 54.8. The van der Waals surface area contributed by atoms with Gasteiger partial charge in [-0.15, -0.1) is 0 Å². The number of carboxylic acids is 1. The van der Waals surface area contributed by atoms with Crippen molar-refractivity contribution in [2.75, 3.05) is 13.1 Å². The summed E-state index contributed by atoms with van der Waals surface area (Å²) in [5.41, 5.74) is -5.08. The molecule has 25 nitrogen and oxygen atoms in total. The summed E-state index contributed by atoms with van der Waals surface area (Å²) >= 11 is 0. The molecule has 11 atom stereocenters. The lowest BCUT2D eigenvalue weighted by molar-refractivity contribution is -0.141. The Morgan fingerprint density at radius 3 is 1.66 bits per heavy atom. The highest BCUT2D eigenvalue weighted by molar-refractivity contribution is 6.00. The minimum Gasteiger partial charge on any atom is -0.480 e. The number of allylic oxidation sites excluding steroid dienone is 1. The maximum absolute atomic E-state index is 14.5. The van der Waals surface area contributed by atoms with Gasteiger partial charge in [0.25, 0.3) is 0 Å². The molecule has 1 saturated heterocycles. The van der Waals surface area contributed by atoms with Crippen LogP contribution in [0, 0.1) is 35.5 Å². The Morgan fingerprint density at radius 2 is 1.13 bits per heavy atom. The Bertz CT molecular complexity index is 2370. The predicted molar refractivity (Wildman–Crippen MR) is 319 cm³/mol. The van der Waals surface area contributed by atoms with Crippen molar-refractivity contribution in [3.05, 3.63) is 12.2 Å². The lowest BCUT2D eigenvalue weighted by atomic mass is 9.92. The highest BCUT2D eigenvalue weighted by Gasteiger charge is 2.43. The molecule has 85 heavy (non-hydrogen) atoms. The van der Waals surface area contributed by atoms with Crippen LogP contribution in [0.1, 0.15) is 182 Å². The van der Waals surface area contributed by atoms with E-state index in [0.717, 1.165) is 6.42 Å². The molecule has 0 radical (unpaired) electrons. The molecule has 0 aliphatic carbocycles. The molecular weight excluding hydrogens is 1100 g/mol. The molecular formula is C60H104N10O15. The summed E-state index contributed by atoms with van der Waals surface area (Å²) in [6.45, 7) is 29.3. The monoisotopic (exact) mass is 1200 g/mol. The van der Waals surface area contributed by atoms with Crippen LogP contribution >= 0.6 is 0 Å². The fourth-order valence-corrected chi connectivity index (χ4v) is 9.21. The molecule has 0 aromatic heterocycles. The number of nitrogens with zero attached hydrogens (tertiary/aromatic N) is 1. The molecule has 0 saturated carbocycles. The van der Waals surface area contributed by atoms with Gasteiger partial charge in [0.05, 0.1) is 12.2 Å². The fraction of sp³-hybridized carbons (Fsp3) is 0.767. The third-order valence-corrected chi connectivity index (χ3v) is 14.8. The Balaban J connectivity index is 3.45. The number of carbonyl (C=O) groups is 12. The molecule has 1 heterocycles. The minimum absolute atomic E-state index is 0.0530. The lowest BCUT2D eigenvalue weighted by Gasteiger charge is -2.34. The molecule has 0 bridgehead atoms. The van der Waals surface area contributed by atoms with E-state index >= 15 is 0 Å². The predicted octanol–water partition coefficient (Wildman–Crippen LogP) is 1.80. The largest absolute Gasteiger partial charge is 0.480 e. The average molecular weight is 1210 g/mol. The van der Waals surface area contributed by atoms with Gasteiger partial charge in [-0.1, -0.05) is 88.7 Å². The highest BCUT2D eigenvalue weighted by Crippen LogP contribution is 2.25. The van der Waals surface area contributed by atoms with Crippen LogP contribution in [0.5, 0.6) is 0 Å². The van der Waals surface area contributed by atoms with Crippen LogP contribution in [0.3, 0.4) is 0 Å². The van der Waals surface area contributed by atoms with Gasteiger partial charge >= 0.3 is 5.97 Å². The first-order valence-corrected chi connectivity index (χ1v) is 29.9. The smallest absolute Gasteiger partial charge is 0.325 e. The van der Waals surface area contributed by atoms with Crippen LogP contribution in [-0.4, -0.2) is 169 Å². The number of aliphatic hydroxyl groups excluding tert-OH is 2. The molecule has 1 aliphatic heterocycles. The van der Waals surface area contributed by atoms with E-state index in [2.05, 4.69) is 47.9 Å². The van der Waals surface area contributed by atoms with Crippen LogP contribution in [0.4, 0.5) is 0 Å². The number of rotatable bonds is 36. The van der Waals surface area contributed by atoms with Crippen LogP contribution in [0.25, 0.3) is 0 Å². The molecule has 1 fully saturated rings. The first kappa shape index (κ1) is 76.5. The Kier molecular flexibility index (Phi) is 31.1. The number of Topliss-reactive ketones (excluding diaryl/α,β-unsaturated/α-hetero) is 1. The zero-order valence-corrected chi connectivity index (χ0v) is 53.7. The van der Waals surface area contributed by atoms with E-state index in [1.165, 1.54) is 59.4 Å². The average Bonchev–Trinajstić information content (AvgIpc) is 3.91. The number of carboxylic acid groups (broad SMARTS) is 1. The van der Waals surface area contributed by atoms with Crippen molar-refractivity contribution in [1.82, 2.24) is 52.8 Å². The topological polar surface area (TPSA) is 377 Å². The molecule has 1 rings (SSSR count). The summed E-state index contributed by atoms with van der Waals surface area (Å²) in [7, 11) is 0. The number of ketones is 1. The van der Waals surface area contributed by atoms with Gasteiger partial charge < -0.3 is 68.1 Å². The van der Waals surface area contributed by atoms with Gasteiger partial charge in [0.2, 0.25) is 59.1 Å². The number of amides is 10. The normalized spacial score (nSPS) is 17.9. The summed E-state index contributed by atoms with van der Waals surface area (Å²) in [6, 6.07) is -7.74. The molecule has 12 N–H and O–H groups in total. The lowest BCUT2D eigenvalue weighted by Crippen LogP contribution is -2.66. The van der Waals surface area contributed by atoms with Gasteiger partial charge in [-0.25, -0.2) is 0 Å². The van der Waals surface area contributed by atoms with Crippen molar-refractivity contribution in [1.29, 1.82) is 0 Å². The second-order valence-corrected chi connectivity index (χ2v) is 26.0. The van der Waals surface area contributed by atoms with Crippen molar-refractivity contribution < 1.29 is 72.9 Å². The maximum Gasteiger partial charge on any atom is 0.325 e. The fourth-order valence-electron chi connectivity index (χ4n) is 9.21. The van der Waals surface area contributed by atoms with E-state index in [1.807, 2.05) is 20.8 Å². The van der Waals surface area contributed by atoms with Crippen molar-refractivity contribution in [2.45, 2.75) is 247 Å². The van der Waals surface area contributed by atoms with Crippen LogP contribution < -0.4 is 47.9 Å². The van der Waals surface area contributed by atoms with Gasteiger partial charge in [-0.05, 0) is 122 Å². The van der Waals surface area contributed by atoms with E-state index in [1.54, 1.807) is 61.5 Å². The zero-order valence-electron chi connectivity index (χ0n) is 53.7. The third kappa shape index (κ3) is 26.3. The molecule has 1 aliphatic rings. The van der Waals surface area contributed by atoms with E-state index in [-0.39, 0.29) is 93.4 Å². The number of likely N-dealkylation sites (tertiary alicyclic amines) is 1. The number of carbonyl (C=O) groups excluding carboxylic acids is 11. The Hall–Kier alpha value is -6.50. The van der Waals surface area contributed by atoms with E-state index in [0.29, 0.717) is 6.42 Å². The first-order valence-electron chi connectivity index (χ1n) is 29.9. The molecule has 0 spiro atoms. The number of hydrogen-bond acceptors (Lipinski definition) is 14. The van der Waals surface area contributed by atoms with Crippen LogP contribution in [0.15, 0.2) is 12.2 Å². The van der Waals surface area contributed by atoms with Crippen LogP contribution in [0.2, 0.25) is 0 Å². The molecule has 25 heteroatoms. The molecule has 10 amide bonds. The SMILES string of the molecule is CCC(=O)CC(O)CC(C)C[C@H](NC(=O)[C@@H]1C[C@H](C)CN1C(=O)C=CC(C)CC)C(=O)N[C@H](C(=O)NC(C)(C)C(=O)N[C@@H](CC(C)C)C(=O)N[C@@H](CC(C)C)C(=O)NC(C)(C)C(=O)NC(C)(C)C(=O)NCCC(=O)NC(C)C(=O)O)C(O)C(C)C. The molecule has 0 aromatic rings. The second-order valence-electron chi connectivity index (χ2n) is 26.0. The van der Waals surface area contributed by atoms with Gasteiger partial charge in [-0.2, -0.15) is 0 Å². The van der Waals surface area contributed by atoms with Gasteiger partial charge in [-0.3, -0.25) is 57.5 Å². The number of aliphatic carboxylic acids is 1. The van der Waals surface area contributed by atoms with Gasteiger partial charge in [0.15, 0.2) is 0 Å². The van der Waals surface area contributed by atoms with E-state index < -0.39 is 136 Å². The summed E-state index contributed by atoms with van der Waals surface area (Å²) in [6.07, 6.45) is 1.68. The molecule has 484 valence electrons. The van der Waals surface area contributed by atoms with Crippen molar-refractivity contribution in [3.8, 4) is 0 Å². The quantitative estimate of drug-likeness (QED) is 0.0398. The summed E-state index contributed by atoms with van der Waals surface area (Å²) < 4.78 is 0.